The smallest absolute Gasteiger partial charge is 0.255 e. The number of rotatable bonds is 5. The molecular weight excluding hydrogens is 478 g/mol. The summed E-state index contributed by atoms with van der Waals surface area (Å²) >= 11 is 0. The molecule has 0 unspecified atom stereocenters. The minimum absolute atomic E-state index is 0.116. The first-order chi connectivity index (χ1) is 18.4. The van der Waals surface area contributed by atoms with Crippen molar-refractivity contribution in [2.45, 2.75) is 65.5 Å². The Labute approximate surface area is 227 Å². The Morgan fingerprint density at radius 3 is 2.55 bits per heavy atom. The van der Waals surface area contributed by atoms with Gasteiger partial charge in [0.1, 0.15) is 18.1 Å². The molecule has 1 atom stereocenters. The standard InChI is InChI=1S/C31H43N3O4/c1-23(2)21-37-27-12-6-4-10-25(27)20-34-18-15-31(16-19-34)14-8-9-17-32-29(35)26-11-5-7-13-28(26)38-22-24(3)33-30(31)36/h4-7,10-13,23-24H,8-9,14-22H2,1-3H3,(H,32,35)(H,33,36)/t24-/m1/s1. The Hall–Kier alpha value is -3.06. The van der Waals surface area contributed by atoms with Crippen LogP contribution in [0.1, 0.15) is 68.8 Å². The average molecular weight is 522 g/mol. The zero-order valence-electron chi connectivity index (χ0n) is 23.1. The number of benzene rings is 2. The lowest BCUT2D eigenvalue weighted by Crippen LogP contribution is -2.51. The Kier molecular flexibility index (Phi) is 9.67. The van der Waals surface area contributed by atoms with Gasteiger partial charge < -0.3 is 20.1 Å². The summed E-state index contributed by atoms with van der Waals surface area (Å²) in [4.78, 5) is 28.8. The molecule has 0 saturated carbocycles. The molecule has 0 aliphatic carbocycles. The van der Waals surface area contributed by atoms with Crippen LogP contribution >= 0.6 is 0 Å². The van der Waals surface area contributed by atoms with E-state index < -0.39 is 5.41 Å². The first-order valence-corrected chi connectivity index (χ1v) is 14.1. The maximum atomic E-state index is 13.7. The van der Waals surface area contributed by atoms with Crippen molar-refractivity contribution < 1.29 is 19.1 Å². The van der Waals surface area contributed by atoms with Gasteiger partial charge in [0.05, 0.1) is 23.6 Å². The first-order valence-electron chi connectivity index (χ1n) is 14.1. The summed E-state index contributed by atoms with van der Waals surface area (Å²) < 4.78 is 12.0. The van der Waals surface area contributed by atoms with Crippen LogP contribution in [0.2, 0.25) is 0 Å². The average Bonchev–Trinajstić information content (AvgIpc) is 2.91. The van der Waals surface area contributed by atoms with E-state index in [-0.39, 0.29) is 17.9 Å². The lowest BCUT2D eigenvalue weighted by molar-refractivity contribution is -0.135. The molecule has 2 heterocycles. The fourth-order valence-electron chi connectivity index (χ4n) is 5.30. The van der Waals surface area contributed by atoms with Crippen LogP contribution in [-0.4, -0.2) is 55.6 Å². The van der Waals surface area contributed by atoms with Gasteiger partial charge in [-0.25, -0.2) is 0 Å². The van der Waals surface area contributed by atoms with Crippen molar-refractivity contribution in [2.24, 2.45) is 11.3 Å². The van der Waals surface area contributed by atoms with Gasteiger partial charge in [0.2, 0.25) is 5.91 Å². The molecule has 2 aromatic carbocycles. The predicted molar refractivity (Wildman–Crippen MR) is 149 cm³/mol. The molecular formula is C31H43N3O4. The van der Waals surface area contributed by atoms with E-state index in [4.69, 9.17) is 9.47 Å². The molecule has 2 amide bonds. The summed E-state index contributed by atoms with van der Waals surface area (Å²) in [5.74, 6) is 1.99. The van der Waals surface area contributed by atoms with Crippen molar-refractivity contribution >= 4 is 11.8 Å². The van der Waals surface area contributed by atoms with E-state index in [9.17, 15) is 9.59 Å². The van der Waals surface area contributed by atoms with Gasteiger partial charge >= 0.3 is 0 Å². The minimum atomic E-state index is -0.398. The molecule has 38 heavy (non-hydrogen) atoms. The van der Waals surface area contributed by atoms with Gasteiger partial charge in [0.25, 0.3) is 5.91 Å². The highest BCUT2D eigenvalue weighted by Crippen LogP contribution is 2.38. The quantitative estimate of drug-likeness (QED) is 0.591. The van der Waals surface area contributed by atoms with E-state index in [1.807, 2.05) is 25.1 Å². The molecule has 1 saturated heterocycles. The Bertz CT molecular complexity index is 1080. The molecule has 0 bridgehead atoms. The predicted octanol–water partition coefficient (Wildman–Crippen LogP) is 4.80. The third-order valence-electron chi connectivity index (χ3n) is 7.60. The minimum Gasteiger partial charge on any atom is -0.493 e. The van der Waals surface area contributed by atoms with Crippen molar-refractivity contribution in [3.05, 3.63) is 59.7 Å². The van der Waals surface area contributed by atoms with Crippen LogP contribution in [0.4, 0.5) is 0 Å². The molecule has 0 radical (unpaired) electrons. The Balaban J connectivity index is 1.41. The van der Waals surface area contributed by atoms with Gasteiger partial charge in [-0.1, -0.05) is 50.6 Å². The zero-order chi connectivity index (χ0) is 27.0. The molecule has 7 nitrogen and oxygen atoms in total. The number of amides is 2. The number of piperidine rings is 1. The largest absolute Gasteiger partial charge is 0.493 e. The fraction of sp³-hybridized carbons (Fsp3) is 0.548. The van der Waals surface area contributed by atoms with Gasteiger partial charge in [-0.15, -0.1) is 0 Å². The van der Waals surface area contributed by atoms with Crippen LogP contribution in [-0.2, 0) is 11.3 Å². The summed E-state index contributed by atoms with van der Waals surface area (Å²) in [7, 11) is 0. The van der Waals surface area contributed by atoms with Crippen LogP contribution in [0.5, 0.6) is 11.5 Å². The second-order valence-corrected chi connectivity index (χ2v) is 11.3. The highest BCUT2D eigenvalue weighted by molar-refractivity contribution is 5.96. The van der Waals surface area contributed by atoms with Crippen molar-refractivity contribution in [3.63, 3.8) is 0 Å². The normalized spacial score (nSPS) is 21.1. The number of hydrogen-bond donors (Lipinski definition) is 2. The van der Waals surface area contributed by atoms with Gasteiger partial charge in [-0.3, -0.25) is 14.5 Å². The number of hydrogen-bond acceptors (Lipinski definition) is 5. The van der Waals surface area contributed by atoms with E-state index >= 15 is 0 Å². The van der Waals surface area contributed by atoms with Gasteiger partial charge in [-0.05, 0) is 69.8 Å². The topological polar surface area (TPSA) is 79.9 Å². The highest BCUT2D eigenvalue weighted by Gasteiger charge is 2.41. The van der Waals surface area contributed by atoms with Crippen LogP contribution in [0.3, 0.4) is 0 Å². The van der Waals surface area contributed by atoms with Crippen molar-refractivity contribution in [2.75, 3.05) is 32.8 Å². The maximum absolute atomic E-state index is 13.7. The summed E-state index contributed by atoms with van der Waals surface area (Å²) in [6, 6.07) is 15.4. The molecule has 4 rings (SSSR count). The van der Waals surface area contributed by atoms with E-state index in [0.29, 0.717) is 37.0 Å². The van der Waals surface area contributed by atoms with E-state index in [0.717, 1.165) is 57.5 Å². The van der Waals surface area contributed by atoms with Crippen LogP contribution in [0.25, 0.3) is 0 Å². The Morgan fingerprint density at radius 1 is 1.03 bits per heavy atom. The number of carbonyl (C=O) groups is 2. The fourth-order valence-corrected chi connectivity index (χ4v) is 5.30. The second-order valence-electron chi connectivity index (χ2n) is 11.3. The van der Waals surface area contributed by atoms with E-state index in [2.05, 4.69) is 47.6 Å². The van der Waals surface area contributed by atoms with E-state index in [1.165, 1.54) is 5.56 Å². The van der Waals surface area contributed by atoms with Gasteiger partial charge in [-0.2, -0.15) is 0 Å². The van der Waals surface area contributed by atoms with Crippen molar-refractivity contribution in [3.8, 4) is 11.5 Å². The molecule has 2 aromatic rings. The van der Waals surface area contributed by atoms with Crippen LogP contribution in [0.15, 0.2) is 48.5 Å². The monoisotopic (exact) mass is 521 g/mol. The summed E-state index contributed by atoms with van der Waals surface area (Å²) in [6.07, 6.45) is 4.18. The lowest BCUT2D eigenvalue weighted by atomic mass is 9.73. The zero-order valence-corrected chi connectivity index (χ0v) is 23.1. The number of nitrogens with zero attached hydrogens (tertiary/aromatic N) is 1. The van der Waals surface area contributed by atoms with Crippen LogP contribution in [0, 0.1) is 11.3 Å². The van der Waals surface area contributed by atoms with Crippen LogP contribution < -0.4 is 20.1 Å². The molecule has 1 fully saturated rings. The van der Waals surface area contributed by atoms with Crippen molar-refractivity contribution in [1.82, 2.24) is 15.5 Å². The molecule has 2 aliphatic heterocycles. The van der Waals surface area contributed by atoms with E-state index in [1.54, 1.807) is 12.1 Å². The third kappa shape index (κ3) is 7.28. The number of carbonyl (C=O) groups excluding carboxylic acids is 2. The molecule has 206 valence electrons. The molecule has 0 aromatic heterocycles. The summed E-state index contributed by atoms with van der Waals surface area (Å²) in [5, 5.41) is 6.26. The molecule has 1 spiro atoms. The number of fused-ring (bicyclic) bond motifs is 1. The van der Waals surface area contributed by atoms with Gasteiger partial charge in [0.15, 0.2) is 0 Å². The molecule has 7 heteroatoms. The number of likely N-dealkylation sites (tertiary alicyclic amines) is 1. The Morgan fingerprint density at radius 2 is 1.76 bits per heavy atom. The lowest BCUT2D eigenvalue weighted by Gasteiger charge is -2.41. The third-order valence-corrected chi connectivity index (χ3v) is 7.60. The number of para-hydroxylation sites is 2. The van der Waals surface area contributed by atoms with Crippen molar-refractivity contribution in [1.29, 1.82) is 0 Å². The highest BCUT2D eigenvalue weighted by atomic mass is 16.5. The number of nitrogens with one attached hydrogen (secondary N) is 2. The van der Waals surface area contributed by atoms with Gasteiger partial charge in [0, 0.05) is 18.7 Å². The molecule has 2 N–H and O–H groups in total. The summed E-state index contributed by atoms with van der Waals surface area (Å²) in [5.41, 5.74) is 1.33. The SMILES string of the molecule is CC(C)COc1ccccc1CN1CCC2(CCCCNC(=O)c3ccccc3OC[C@@H](C)NC2=O)CC1. The first kappa shape index (κ1) is 28.0. The summed E-state index contributed by atoms with van der Waals surface area (Å²) in [6.45, 7) is 10.4. The molecule has 2 aliphatic rings. The number of ether oxygens (including phenoxy) is 2. The maximum Gasteiger partial charge on any atom is 0.255 e. The second kappa shape index (κ2) is 13.1.